The van der Waals surface area contributed by atoms with Crippen LogP contribution in [-0.4, -0.2) is 19.0 Å². The van der Waals surface area contributed by atoms with Gasteiger partial charge in [-0.15, -0.1) is 0 Å². The first kappa shape index (κ1) is 6.10. The minimum Gasteiger partial charge on any atom is -0.380 e. The number of rotatable bonds is 0. The molecule has 1 saturated heterocycles. The maximum atomic E-state index is 11.3. The van der Waals surface area contributed by atoms with Gasteiger partial charge in [0.1, 0.15) is 5.78 Å². The van der Waals surface area contributed by atoms with E-state index in [4.69, 9.17) is 4.74 Å². The largest absolute Gasteiger partial charge is 0.380 e. The van der Waals surface area contributed by atoms with Crippen molar-refractivity contribution in [2.75, 3.05) is 13.2 Å². The number of ketones is 1. The molecule has 2 rings (SSSR count). The molecule has 10 heavy (non-hydrogen) atoms. The smallest absolute Gasteiger partial charge is 0.147 e. The standard InChI is InChI=1S/C8H10O2/c9-8-6-2-1-3-7(8)5-10-4-6/h1-2,6-7H,3-5H2/t6-,7+/m0/s1. The Morgan fingerprint density at radius 1 is 1.50 bits per heavy atom. The minimum absolute atomic E-state index is 0.0764. The number of allylic oxidation sites excluding steroid dienone is 1. The van der Waals surface area contributed by atoms with Crippen LogP contribution in [0.3, 0.4) is 0 Å². The number of ether oxygens (including phenoxy) is 1. The van der Waals surface area contributed by atoms with E-state index in [0.717, 1.165) is 6.42 Å². The monoisotopic (exact) mass is 138 g/mol. The van der Waals surface area contributed by atoms with Crippen LogP contribution in [0, 0.1) is 11.8 Å². The summed E-state index contributed by atoms with van der Waals surface area (Å²) in [5.74, 6) is 0.630. The van der Waals surface area contributed by atoms with E-state index in [1.54, 1.807) is 0 Å². The maximum absolute atomic E-state index is 11.3. The van der Waals surface area contributed by atoms with Crippen molar-refractivity contribution >= 4 is 5.78 Å². The first-order valence-corrected chi connectivity index (χ1v) is 3.66. The molecule has 1 aliphatic carbocycles. The van der Waals surface area contributed by atoms with Crippen LogP contribution >= 0.6 is 0 Å². The molecule has 54 valence electrons. The van der Waals surface area contributed by atoms with Gasteiger partial charge in [0, 0.05) is 5.92 Å². The summed E-state index contributed by atoms with van der Waals surface area (Å²) in [6.45, 7) is 1.24. The Hall–Kier alpha value is -0.630. The second kappa shape index (κ2) is 2.20. The summed E-state index contributed by atoms with van der Waals surface area (Å²) < 4.78 is 5.23. The van der Waals surface area contributed by atoms with Crippen LogP contribution < -0.4 is 0 Å². The van der Waals surface area contributed by atoms with Gasteiger partial charge >= 0.3 is 0 Å². The third-order valence-electron chi connectivity index (χ3n) is 2.17. The van der Waals surface area contributed by atoms with Gasteiger partial charge < -0.3 is 4.74 Å². The molecule has 0 saturated carbocycles. The molecular weight excluding hydrogens is 128 g/mol. The van der Waals surface area contributed by atoms with Crippen LogP contribution in [0.15, 0.2) is 12.2 Å². The van der Waals surface area contributed by atoms with E-state index in [9.17, 15) is 4.79 Å². The zero-order valence-electron chi connectivity index (χ0n) is 5.75. The summed E-state index contributed by atoms with van der Waals surface area (Å²) in [5.41, 5.74) is 0. The second-order valence-corrected chi connectivity index (χ2v) is 2.91. The number of fused-ring (bicyclic) bond motifs is 2. The number of carbonyl (C=O) groups excluding carboxylic acids is 1. The minimum atomic E-state index is 0.0764. The van der Waals surface area contributed by atoms with Crippen molar-refractivity contribution in [1.82, 2.24) is 0 Å². The van der Waals surface area contributed by atoms with E-state index in [0.29, 0.717) is 19.0 Å². The van der Waals surface area contributed by atoms with E-state index in [1.807, 2.05) is 6.08 Å². The topological polar surface area (TPSA) is 26.3 Å². The third-order valence-corrected chi connectivity index (χ3v) is 2.17. The van der Waals surface area contributed by atoms with Crippen molar-refractivity contribution in [1.29, 1.82) is 0 Å². The van der Waals surface area contributed by atoms with Gasteiger partial charge in [0.05, 0.1) is 19.1 Å². The first-order valence-electron chi connectivity index (χ1n) is 3.66. The molecule has 0 spiro atoms. The van der Waals surface area contributed by atoms with Crippen LogP contribution in [-0.2, 0) is 9.53 Å². The molecule has 2 nitrogen and oxygen atoms in total. The Bertz CT molecular complexity index is 184. The lowest BCUT2D eigenvalue weighted by Crippen LogP contribution is -2.36. The lowest BCUT2D eigenvalue weighted by Gasteiger charge is -2.28. The van der Waals surface area contributed by atoms with Crippen LogP contribution in [0.5, 0.6) is 0 Å². The number of Topliss-reactive ketones (excluding diaryl/α,β-unsaturated/α-hetero) is 1. The molecule has 2 bridgehead atoms. The van der Waals surface area contributed by atoms with Gasteiger partial charge in [0.25, 0.3) is 0 Å². The molecule has 0 amide bonds. The molecule has 2 heteroatoms. The summed E-state index contributed by atoms with van der Waals surface area (Å²) in [6.07, 6.45) is 4.95. The van der Waals surface area contributed by atoms with Gasteiger partial charge in [-0.25, -0.2) is 0 Å². The SMILES string of the molecule is O=C1[C@@H]2CC=C[C@H]1COC2. The zero-order valence-corrected chi connectivity index (χ0v) is 5.75. The fraction of sp³-hybridized carbons (Fsp3) is 0.625. The van der Waals surface area contributed by atoms with Crippen LogP contribution in [0.25, 0.3) is 0 Å². The van der Waals surface area contributed by atoms with E-state index < -0.39 is 0 Å². The Labute approximate surface area is 59.9 Å². The van der Waals surface area contributed by atoms with Crippen molar-refractivity contribution in [3.05, 3.63) is 12.2 Å². The van der Waals surface area contributed by atoms with E-state index in [1.165, 1.54) is 0 Å². The van der Waals surface area contributed by atoms with Crippen molar-refractivity contribution in [3.63, 3.8) is 0 Å². The van der Waals surface area contributed by atoms with Crippen molar-refractivity contribution in [2.24, 2.45) is 11.8 Å². The molecule has 0 aromatic carbocycles. The van der Waals surface area contributed by atoms with Crippen LogP contribution in [0.2, 0.25) is 0 Å². The second-order valence-electron chi connectivity index (χ2n) is 2.91. The highest BCUT2D eigenvalue weighted by molar-refractivity contribution is 5.86. The van der Waals surface area contributed by atoms with Gasteiger partial charge in [0.2, 0.25) is 0 Å². The predicted molar refractivity (Wildman–Crippen MR) is 36.6 cm³/mol. The number of hydrogen-bond acceptors (Lipinski definition) is 2. The molecule has 0 radical (unpaired) electrons. The lowest BCUT2D eigenvalue weighted by molar-refractivity contribution is -0.135. The van der Waals surface area contributed by atoms with Gasteiger partial charge in [-0.3, -0.25) is 4.79 Å². The first-order chi connectivity index (χ1) is 4.88. The van der Waals surface area contributed by atoms with Crippen molar-refractivity contribution < 1.29 is 9.53 Å². The summed E-state index contributed by atoms with van der Waals surface area (Å²) in [5, 5.41) is 0. The Morgan fingerprint density at radius 3 is 3.10 bits per heavy atom. The van der Waals surface area contributed by atoms with Crippen LogP contribution in [0.1, 0.15) is 6.42 Å². The number of carbonyl (C=O) groups is 1. The molecule has 1 aliphatic heterocycles. The zero-order chi connectivity index (χ0) is 6.97. The van der Waals surface area contributed by atoms with Gasteiger partial charge in [-0.1, -0.05) is 12.2 Å². The van der Waals surface area contributed by atoms with Crippen LogP contribution in [0.4, 0.5) is 0 Å². The third kappa shape index (κ3) is 0.797. The average Bonchev–Trinajstić information content (AvgIpc) is 1.86. The quantitative estimate of drug-likeness (QED) is 0.462. The molecule has 2 atom stereocenters. The molecule has 0 N–H and O–H groups in total. The Balaban J connectivity index is 2.25. The Morgan fingerprint density at radius 2 is 2.40 bits per heavy atom. The average molecular weight is 138 g/mol. The fourth-order valence-corrected chi connectivity index (χ4v) is 1.55. The van der Waals surface area contributed by atoms with Crippen molar-refractivity contribution in [3.8, 4) is 0 Å². The molecular formula is C8H10O2. The highest BCUT2D eigenvalue weighted by Gasteiger charge is 2.31. The summed E-state index contributed by atoms with van der Waals surface area (Å²) in [4.78, 5) is 11.3. The summed E-state index contributed by atoms with van der Waals surface area (Å²) >= 11 is 0. The number of hydrogen-bond donors (Lipinski definition) is 0. The highest BCUT2D eigenvalue weighted by atomic mass is 16.5. The summed E-state index contributed by atoms with van der Waals surface area (Å²) in [7, 11) is 0. The van der Waals surface area contributed by atoms with Gasteiger partial charge in [-0.2, -0.15) is 0 Å². The highest BCUT2D eigenvalue weighted by Crippen LogP contribution is 2.24. The summed E-state index contributed by atoms with van der Waals surface area (Å²) in [6, 6.07) is 0. The Kier molecular flexibility index (Phi) is 1.34. The molecule has 1 fully saturated rings. The van der Waals surface area contributed by atoms with E-state index >= 15 is 0 Å². The fourth-order valence-electron chi connectivity index (χ4n) is 1.55. The molecule has 1 heterocycles. The normalized spacial score (nSPS) is 38.2. The van der Waals surface area contributed by atoms with E-state index in [2.05, 4.69) is 6.08 Å². The van der Waals surface area contributed by atoms with Gasteiger partial charge in [-0.05, 0) is 6.42 Å². The predicted octanol–water partition coefficient (Wildman–Crippen LogP) is 0.778. The molecule has 0 unspecified atom stereocenters. The molecule has 0 aromatic heterocycles. The maximum Gasteiger partial charge on any atom is 0.147 e. The van der Waals surface area contributed by atoms with E-state index in [-0.39, 0.29) is 11.8 Å². The molecule has 2 aliphatic rings. The molecule has 0 aromatic rings. The van der Waals surface area contributed by atoms with Crippen molar-refractivity contribution in [2.45, 2.75) is 6.42 Å². The lowest BCUT2D eigenvalue weighted by atomic mass is 9.84. The van der Waals surface area contributed by atoms with Gasteiger partial charge in [0.15, 0.2) is 0 Å².